The molecule has 1 aliphatic heterocycles. The van der Waals surface area contributed by atoms with Gasteiger partial charge >= 0.3 is 6.03 Å². The predicted octanol–water partition coefficient (Wildman–Crippen LogP) is 4.86. The third-order valence-corrected chi connectivity index (χ3v) is 6.33. The maximum Gasteiger partial charge on any atom is 0.321 e. The zero-order valence-corrected chi connectivity index (χ0v) is 17.6. The Morgan fingerprint density at radius 3 is 2.40 bits per heavy atom. The molecular weight excluding hydrogens is 422 g/mol. The predicted molar refractivity (Wildman–Crippen MR) is 118 cm³/mol. The molecule has 1 aliphatic rings. The molecule has 7 nitrogen and oxygen atoms in total. The molecule has 0 atom stereocenters. The normalized spacial score (nSPS) is 14.4. The Balaban J connectivity index is 1.32. The van der Waals surface area contributed by atoms with E-state index < -0.39 is 0 Å². The van der Waals surface area contributed by atoms with Crippen LogP contribution in [0.25, 0.3) is 0 Å². The number of amides is 3. The van der Waals surface area contributed by atoms with Gasteiger partial charge in [0.1, 0.15) is 5.01 Å². The van der Waals surface area contributed by atoms with Crippen LogP contribution in [0, 0.1) is 0 Å². The van der Waals surface area contributed by atoms with Gasteiger partial charge in [0.15, 0.2) is 0 Å². The number of nitrogens with one attached hydrogen (secondary N) is 2. The van der Waals surface area contributed by atoms with E-state index in [1.807, 2.05) is 42.5 Å². The Labute approximate surface area is 183 Å². The first kappa shape index (κ1) is 20.3. The average molecular weight is 442 g/mol. The number of aromatic nitrogens is 2. The number of likely N-dealkylation sites (tertiary alicyclic amines) is 1. The quantitative estimate of drug-likeness (QED) is 0.605. The lowest BCUT2D eigenvalue weighted by molar-refractivity contribution is 0.102. The number of piperidine rings is 1. The standard InChI is InChI=1S/C21H20ClN5O2S/c22-16-8-4-5-9-17(16)24-21(29)27-12-10-14(11-13-27)19-25-26-20(30-19)18(28)23-15-6-2-1-3-7-15/h1-9,14H,10-13H2,(H,23,28)(H,24,29). The summed E-state index contributed by atoms with van der Waals surface area (Å²) in [6, 6.07) is 16.2. The third-order valence-electron chi connectivity index (χ3n) is 4.91. The van der Waals surface area contributed by atoms with Gasteiger partial charge in [0.2, 0.25) is 5.01 Å². The van der Waals surface area contributed by atoms with Gasteiger partial charge in [-0.15, -0.1) is 10.2 Å². The molecule has 1 saturated heterocycles. The van der Waals surface area contributed by atoms with Crippen LogP contribution in [0.15, 0.2) is 54.6 Å². The van der Waals surface area contributed by atoms with E-state index in [0.29, 0.717) is 28.8 Å². The lowest BCUT2D eigenvalue weighted by Crippen LogP contribution is -2.40. The molecule has 2 heterocycles. The smallest absolute Gasteiger partial charge is 0.321 e. The van der Waals surface area contributed by atoms with Gasteiger partial charge in [0.05, 0.1) is 10.7 Å². The second-order valence-corrected chi connectivity index (χ2v) is 8.35. The van der Waals surface area contributed by atoms with E-state index >= 15 is 0 Å². The summed E-state index contributed by atoms with van der Waals surface area (Å²) in [5.74, 6) is -0.0772. The molecule has 1 fully saturated rings. The Hall–Kier alpha value is -2.97. The molecule has 9 heteroatoms. The van der Waals surface area contributed by atoms with Crippen LogP contribution in [0.1, 0.15) is 33.6 Å². The van der Waals surface area contributed by atoms with Gasteiger partial charge < -0.3 is 15.5 Å². The number of benzene rings is 2. The first-order valence-electron chi connectivity index (χ1n) is 9.60. The van der Waals surface area contributed by atoms with Crippen LogP contribution in [0.4, 0.5) is 16.2 Å². The summed E-state index contributed by atoms with van der Waals surface area (Å²) in [6.07, 6.45) is 1.54. The van der Waals surface area contributed by atoms with E-state index in [1.165, 1.54) is 11.3 Å². The van der Waals surface area contributed by atoms with Crippen molar-refractivity contribution in [3.63, 3.8) is 0 Å². The van der Waals surface area contributed by atoms with Crippen molar-refractivity contribution >= 4 is 46.3 Å². The summed E-state index contributed by atoms with van der Waals surface area (Å²) in [5, 5.41) is 15.6. The Morgan fingerprint density at radius 2 is 1.67 bits per heavy atom. The minimum absolute atomic E-state index is 0.165. The van der Waals surface area contributed by atoms with Gasteiger partial charge in [-0.1, -0.05) is 53.3 Å². The molecule has 2 N–H and O–H groups in total. The first-order chi connectivity index (χ1) is 14.6. The average Bonchev–Trinajstić information content (AvgIpc) is 3.27. The van der Waals surface area contributed by atoms with Gasteiger partial charge in [0.25, 0.3) is 5.91 Å². The number of rotatable bonds is 4. The highest BCUT2D eigenvalue weighted by Crippen LogP contribution is 2.31. The summed E-state index contributed by atoms with van der Waals surface area (Å²) in [6.45, 7) is 1.21. The van der Waals surface area contributed by atoms with Crippen molar-refractivity contribution in [1.29, 1.82) is 0 Å². The summed E-state index contributed by atoms with van der Waals surface area (Å²) in [4.78, 5) is 26.7. The van der Waals surface area contributed by atoms with Crippen LogP contribution < -0.4 is 10.6 Å². The van der Waals surface area contributed by atoms with Gasteiger partial charge in [-0.25, -0.2) is 4.79 Å². The number of urea groups is 1. The molecular formula is C21H20ClN5O2S. The van der Waals surface area contributed by atoms with Crippen molar-refractivity contribution in [2.75, 3.05) is 23.7 Å². The maximum absolute atomic E-state index is 12.5. The fourth-order valence-electron chi connectivity index (χ4n) is 3.28. The topological polar surface area (TPSA) is 87.2 Å². The summed E-state index contributed by atoms with van der Waals surface area (Å²) in [7, 11) is 0. The van der Waals surface area contributed by atoms with E-state index in [4.69, 9.17) is 11.6 Å². The Kier molecular flexibility index (Phi) is 6.25. The number of carbonyl (C=O) groups is 2. The monoisotopic (exact) mass is 441 g/mol. The number of para-hydroxylation sites is 2. The largest absolute Gasteiger partial charge is 0.324 e. The summed E-state index contributed by atoms with van der Waals surface area (Å²) >= 11 is 7.42. The molecule has 0 bridgehead atoms. The molecule has 3 amide bonds. The van der Waals surface area contributed by atoms with Gasteiger partial charge in [-0.3, -0.25) is 4.79 Å². The lowest BCUT2D eigenvalue weighted by atomic mass is 9.98. The minimum Gasteiger partial charge on any atom is -0.324 e. The SMILES string of the molecule is O=C(Nc1ccccc1)c1nnc(C2CCN(C(=O)Nc3ccccc3Cl)CC2)s1. The molecule has 2 aromatic carbocycles. The number of halogens is 1. The van der Waals surface area contributed by atoms with Crippen molar-refractivity contribution < 1.29 is 9.59 Å². The molecule has 1 aromatic heterocycles. The minimum atomic E-state index is -0.262. The third kappa shape index (κ3) is 4.77. The second-order valence-electron chi connectivity index (χ2n) is 6.94. The van der Waals surface area contributed by atoms with Crippen LogP contribution >= 0.6 is 22.9 Å². The van der Waals surface area contributed by atoms with Crippen LogP contribution in [0.5, 0.6) is 0 Å². The number of anilines is 2. The zero-order chi connectivity index (χ0) is 20.9. The van der Waals surface area contributed by atoms with Crippen LogP contribution in [-0.4, -0.2) is 40.1 Å². The number of nitrogens with zero attached hydrogens (tertiary/aromatic N) is 3. The first-order valence-corrected chi connectivity index (χ1v) is 10.8. The van der Waals surface area contributed by atoms with Crippen molar-refractivity contribution in [3.8, 4) is 0 Å². The van der Waals surface area contributed by atoms with Crippen LogP contribution in [0.3, 0.4) is 0 Å². The molecule has 0 saturated carbocycles. The Bertz CT molecular complexity index is 1030. The van der Waals surface area contributed by atoms with E-state index in [1.54, 1.807) is 17.0 Å². The van der Waals surface area contributed by atoms with E-state index in [9.17, 15) is 9.59 Å². The molecule has 0 aliphatic carbocycles. The summed E-state index contributed by atoms with van der Waals surface area (Å²) in [5.41, 5.74) is 1.32. The fraction of sp³-hybridized carbons (Fsp3) is 0.238. The van der Waals surface area contributed by atoms with Crippen LogP contribution in [-0.2, 0) is 0 Å². The maximum atomic E-state index is 12.5. The highest BCUT2D eigenvalue weighted by atomic mass is 35.5. The van der Waals surface area contributed by atoms with E-state index in [2.05, 4.69) is 20.8 Å². The molecule has 30 heavy (non-hydrogen) atoms. The van der Waals surface area contributed by atoms with E-state index in [-0.39, 0.29) is 17.9 Å². The highest BCUT2D eigenvalue weighted by molar-refractivity contribution is 7.13. The number of hydrogen-bond donors (Lipinski definition) is 2. The van der Waals surface area contributed by atoms with Gasteiger partial charge in [-0.05, 0) is 37.1 Å². The van der Waals surface area contributed by atoms with Crippen molar-refractivity contribution in [3.05, 3.63) is 69.6 Å². The zero-order valence-electron chi connectivity index (χ0n) is 16.0. The van der Waals surface area contributed by atoms with Crippen molar-refractivity contribution in [1.82, 2.24) is 15.1 Å². The second kappa shape index (κ2) is 9.23. The Morgan fingerprint density at radius 1 is 0.967 bits per heavy atom. The van der Waals surface area contributed by atoms with Gasteiger partial charge in [-0.2, -0.15) is 0 Å². The van der Waals surface area contributed by atoms with Crippen molar-refractivity contribution in [2.24, 2.45) is 0 Å². The molecule has 0 radical (unpaired) electrons. The van der Waals surface area contributed by atoms with Gasteiger partial charge in [0, 0.05) is 24.7 Å². The van der Waals surface area contributed by atoms with Crippen molar-refractivity contribution in [2.45, 2.75) is 18.8 Å². The molecule has 4 rings (SSSR count). The van der Waals surface area contributed by atoms with E-state index in [0.717, 1.165) is 23.5 Å². The fourth-order valence-corrected chi connectivity index (χ4v) is 4.37. The lowest BCUT2D eigenvalue weighted by Gasteiger charge is -2.31. The van der Waals surface area contributed by atoms with Crippen LogP contribution in [0.2, 0.25) is 5.02 Å². The number of carbonyl (C=O) groups excluding carboxylic acids is 2. The highest BCUT2D eigenvalue weighted by Gasteiger charge is 2.27. The molecule has 0 unspecified atom stereocenters. The molecule has 154 valence electrons. The molecule has 0 spiro atoms. The summed E-state index contributed by atoms with van der Waals surface area (Å²) < 4.78 is 0. The number of hydrogen-bond acceptors (Lipinski definition) is 5. The molecule has 3 aromatic rings.